The quantitative estimate of drug-likeness (QED) is 0.358. The predicted molar refractivity (Wildman–Crippen MR) is 98.0 cm³/mol. The molecule has 0 bridgehead atoms. The molecule has 5 N–H and O–H groups in total. The fourth-order valence-corrected chi connectivity index (χ4v) is 2.54. The first-order valence-corrected chi connectivity index (χ1v) is 7.64. The third-order valence-corrected chi connectivity index (χ3v) is 3.95. The van der Waals surface area contributed by atoms with Crippen LogP contribution in [0.2, 0.25) is 0 Å². The van der Waals surface area contributed by atoms with Crippen LogP contribution in [0.25, 0.3) is 5.57 Å². The summed E-state index contributed by atoms with van der Waals surface area (Å²) in [5.74, 6) is -0.847. The van der Waals surface area contributed by atoms with Gasteiger partial charge in [-0.25, -0.2) is 4.79 Å². The number of aliphatic carboxylic acids is 1. The van der Waals surface area contributed by atoms with Crippen molar-refractivity contribution in [2.75, 3.05) is 14.2 Å². The van der Waals surface area contributed by atoms with Crippen molar-refractivity contribution < 1.29 is 24.5 Å². The molecule has 0 aliphatic carbocycles. The number of nitrogens with two attached hydrogens (primary N) is 1. The molecule has 0 amide bonds. The van der Waals surface area contributed by atoms with Gasteiger partial charge in [-0.05, 0) is 18.6 Å². The second kappa shape index (κ2) is 7.60. The van der Waals surface area contributed by atoms with E-state index in [1.807, 2.05) is 0 Å². The van der Waals surface area contributed by atoms with E-state index in [-0.39, 0.29) is 28.5 Å². The number of nitrogen functional groups attached to an aromatic ring is 1. The number of hydrogen-bond acceptors (Lipinski definition) is 5. The van der Waals surface area contributed by atoms with E-state index in [1.165, 1.54) is 27.2 Å². The lowest BCUT2D eigenvalue weighted by atomic mass is 9.91. The van der Waals surface area contributed by atoms with Crippen LogP contribution in [0.3, 0.4) is 0 Å². The minimum Gasteiger partial charge on any atom is -0.504 e. The maximum absolute atomic E-state index is 11.6. The fourth-order valence-electron chi connectivity index (χ4n) is 2.54. The van der Waals surface area contributed by atoms with Gasteiger partial charge in [0.2, 0.25) is 0 Å². The number of rotatable bonds is 6. The molecule has 0 radical (unpaired) electrons. The van der Waals surface area contributed by atoms with E-state index in [9.17, 15) is 15.0 Å². The van der Waals surface area contributed by atoms with Crippen LogP contribution in [0.4, 0.5) is 0 Å². The Morgan fingerprint density at radius 2 is 1.65 bits per heavy atom. The molecule has 2 aromatic rings. The maximum Gasteiger partial charge on any atom is 0.331 e. The number of phenolic OH excluding ortho intramolecular Hbond substituents is 1. The summed E-state index contributed by atoms with van der Waals surface area (Å²) in [7, 11) is 2.86. The number of nitrogens with one attached hydrogen (secondary N) is 1. The predicted octanol–water partition coefficient (Wildman–Crippen LogP) is 2.60. The zero-order chi connectivity index (χ0) is 19.4. The Bertz CT molecular complexity index is 886. The second-order valence-corrected chi connectivity index (χ2v) is 5.52. The first-order chi connectivity index (χ1) is 12.3. The number of ether oxygens (including phenoxy) is 2. The minimum atomic E-state index is -1.13. The SMILES string of the molecule is COc1cc(OC)c(O)c(/C(=C(\C)C(=O)O)c2ccc(C(=N)N)cc2)c1. The summed E-state index contributed by atoms with van der Waals surface area (Å²) >= 11 is 0. The van der Waals surface area contributed by atoms with Gasteiger partial charge in [0, 0.05) is 28.3 Å². The van der Waals surface area contributed by atoms with Crippen LogP contribution in [0.15, 0.2) is 42.0 Å². The molecule has 0 unspecified atom stereocenters. The number of carboxylic acids is 1. The summed E-state index contributed by atoms with van der Waals surface area (Å²) < 4.78 is 10.4. The van der Waals surface area contributed by atoms with E-state index in [0.717, 1.165) is 0 Å². The summed E-state index contributed by atoms with van der Waals surface area (Å²) in [6.07, 6.45) is 0. The average molecular weight is 356 g/mol. The van der Waals surface area contributed by atoms with E-state index in [2.05, 4.69) is 0 Å². The molecule has 0 atom stereocenters. The van der Waals surface area contributed by atoms with E-state index in [4.69, 9.17) is 20.6 Å². The highest BCUT2D eigenvalue weighted by Gasteiger charge is 2.21. The van der Waals surface area contributed by atoms with Crippen molar-refractivity contribution in [1.29, 1.82) is 5.41 Å². The van der Waals surface area contributed by atoms with Gasteiger partial charge in [-0.2, -0.15) is 0 Å². The zero-order valence-electron chi connectivity index (χ0n) is 14.7. The first kappa shape index (κ1) is 18.9. The molecule has 2 rings (SSSR count). The molecule has 0 fully saturated rings. The maximum atomic E-state index is 11.6. The molecule has 136 valence electrons. The second-order valence-electron chi connectivity index (χ2n) is 5.52. The van der Waals surface area contributed by atoms with Gasteiger partial charge in [0.1, 0.15) is 11.6 Å². The van der Waals surface area contributed by atoms with Crippen molar-refractivity contribution >= 4 is 17.4 Å². The van der Waals surface area contributed by atoms with Gasteiger partial charge in [-0.1, -0.05) is 24.3 Å². The minimum absolute atomic E-state index is 0.0335. The van der Waals surface area contributed by atoms with Gasteiger partial charge in [-0.3, -0.25) is 5.41 Å². The van der Waals surface area contributed by atoms with Crippen LogP contribution in [0.5, 0.6) is 17.2 Å². The molecule has 7 nitrogen and oxygen atoms in total. The third kappa shape index (κ3) is 3.61. The number of phenols is 1. The topological polar surface area (TPSA) is 126 Å². The monoisotopic (exact) mass is 356 g/mol. The lowest BCUT2D eigenvalue weighted by Gasteiger charge is -2.16. The molecule has 0 heterocycles. The highest BCUT2D eigenvalue weighted by molar-refractivity contribution is 6.02. The van der Waals surface area contributed by atoms with E-state index >= 15 is 0 Å². The molecule has 0 saturated carbocycles. The smallest absolute Gasteiger partial charge is 0.331 e. The molecular weight excluding hydrogens is 336 g/mol. The molecular formula is C19H20N2O5. The molecule has 0 spiro atoms. The van der Waals surface area contributed by atoms with Crippen molar-refractivity contribution in [2.45, 2.75) is 6.92 Å². The summed E-state index contributed by atoms with van der Waals surface area (Å²) in [6, 6.07) is 9.56. The number of amidine groups is 1. The Kier molecular flexibility index (Phi) is 5.51. The van der Waals surface area contributed by atoms with Crippen LogP contribution in [0, 0.1) is 5.41 Å². The fraction of sp³-hybridized carbons (Fsp3) is 0.158. The molecule has 26 heavy (non-hydrogen) atoms. The van der Waals surface area contributed by atoms with Crippen molar-refractivity contribution in [3.63, 3.8) is 0 Å². The van der Waals surface area contributed by atoms with Crippen molar-refractivity contribution in [2.24, 2.45) is 5.73 Å². The number of benzene rings is 2. The zero-order valence-corrected chi connectivity index (χ0v) is 14.7. The van der Waals surface area contributed by atoms with Crippen molar-refractivity contribution in [3.8, 4) is 17.2 Å². The van der Waals surface area contributed by atoms with Crippen molar-refractivity contribution in [3.05, 3.63) is 58.7 Å². The van der Waals surface area contributed by atoms with Gasteiger partial charge in [-0.15, -0.1) is 0 Å². The highest BCUT2D eigenvalue weighted by Crippen LogP contribution is 2.41. The first-order valence-electron chi connectivity index (χ1n) is 7.64. The molecule has 0 saturated heterocycles. The summed E-state index contributed by atoms with van der Waals surface area (Å²) in [5.41, 5.74) is 7.12. The van der Waals surface area contributed by atoms with Crippen LogP contribution in [-0.2, 0) is 4.79 Å². The van der Waals surface area contributed by atoms with Gasteiger partial charge >= 0.3 is 5.97 Å². The van der Waals surface area contributed by atoms with Gasteiger partial charge in [0.05, 0.1) is 14.2 Å². The number of hydrogen-bond donors (Lipinski definition) is 4. The average Bonchev–Trinajstić information content (AvgIpc) is 2.63. The summed E-state index contributed by atoms with van der Waals surface area (Å²) in [6.45, 7) is 1.45. The summed E-state index contributed by atoms with van der Waals surface area (Å²) in [5, 5.41) is 27.5. The molecule has 0 aliphatic heterocycles. The van der Waals surface area contributed by atoms with Gasteiger partial charge in [0.15, 0.2) is 11.5 Å². The Hall–Kier alpha value is -3.48. The Morgan fingerprint density at radius 1 is 1.08 bits per heavy atom. The lowest BCUT2D eigenvalue weighted by molar-refractivity contribution is -0.132. The molecule has 7 heteroatoms. The highest BCUT2D eigenvalue weighted by atomic mass is 16.5. The van der Waals surface area contributed by atoms with E-state index in [0.29, 0.717) is 22.4 Å². The van der Waals surface area contributed by atoms with Crippen LogP contribution in [-0.4, -0.2) is 36.2 Å². The van der Waals surface area contributed by atoms with Crippen molar-refractivity contribution in [1.82, 2.24) is 0 Å². The van der Waals surface area contributed by atoms with Crippen LogP contribution >= 0.6 is 0 Å². The molecule has 2 aromatic carbocycles. The normalized spacial score (nSPS) is 11.5. The summed E-state index contributed by atoms with van der Waals surface area (Å²) in [4.78, 5) is 11.6. The molecule has 0 aliphatic rings. The number of carboxylic acid groups (broad SMARTS) is 1. The number of methoxy groups -OCH3 is 2. The Morgan fingerprint density at radius 3 is 2.12 bits per heavy atom. The lowest BCUT2D eigenvalue weighted by Crippen LogP contribution is -2.11. The third-order valence-electron chi connectivity index (χ3n) is 3.95. The standard InChI is InChI=1S/C19H20N2O5/c1-10(19(23)24)16(11-4-6-12(7-5-11)18(20)21)14-8-13(25-2)9-15(26-3)17(14)22/h4-9,22H,1-3H3,(H3,20,21)(H,23,24)/b16-10+. The van der Waals surface area contributed by atoms with Gasteiger partial charge < -0.3 is 25.4 Å². The number of carbonyl (C=O) groups is 1. The Labute approximate surface area is 150 Å². The van der Waals surface area contributed by atoms with Gasteiger partial charge in [0.25, 0.3) is 0 Å². The van der Waals surface area contributed by atoms with E-state index < -0.39 is 5.97 Å². The van der Waals surface area contributed by atoms with E-state index in [1.54, 1.807) is 30.3 Å². The molecule has 0 aromatic heterocycles. The van der Waals surface area contributed by atoms with Crippen LogP contribution < -0.4 is 15.2 Å². The largest absolute Gasteiger partial charge is 0.504 e. The number of aromatic hydroxyl groups is 1. The van der Waals surface area contributed by atoms with Crippen LogP contribution in [0.1, 0.15) is 23.6 Å². The Balaban J connectivity index is 2.78.